The molecule has 0 amide bonds. The van der Waals surface area contributed by atoms with E-state index in [4.69, 9.17) is 4.98 Å². The largest absolute Gasteiger partial charge is 0.309 e. The van der Waals surface area contributed by atoms with Gasteiger partial charge in [-0.25, -0.2) is 4.98 Å². The molecule has 3 heterocycles. The Morgan fingerprint density at radius 1 is 0.315 bits per heavy atom. The van der Waals surface area contributed by atoms with Crippen LogP contribution in [0.4, 0.5) is 0 Å². The van der Waals surface area contributed by atoms with Crippen molar-refractivity contribution in [3.05, 3.63) is 200 Å². The molecule has 11 rings (SSSR count). The van der Waals surface area contributed by atoms with Crippen molar-refractivity contribution >= 4 is 54.5 Å². The maximum absolute atomic E-state index is 5.34. The second-order valence-electron chi connectivity index (χ2n) is 14.0. The highest BCUT2D eigenvalue weighted by atomic mass is 15.0. The SMILES string of the molecule is c1ccc(-c2cc(-c3cc(-c4ccc5c(c4)c4ccccc4n5-c4ccccc4)c4c5ccccc5n(-c5ccccc5)c4c3)nc3ccccc23)cc1. The second kappa shape index (κ2) is 12.2. The summed E-state index contributed by atoms with van der Waals surface area (Å²) in [4.78, 5) is 5.34. The first-order chi connectivity index (χ1) is 26.8. The van der Waals surface area contributed by atoms with E-state index < -0.39 is 0 Å². The third kappa shape index (κ3) is 4.72. The standard InChI is InChI=1S/C51H33N3/c1-4-16-34(17-5-1)42-33-46(52-45-25-13-10-22-39(42)45)36-31-43(51-41-24-12-15-27-48(41)54(50(51)32-36)38-20-8-3-9-21-38)35-28-29-49-44(30-35)40-23-11-14-26-47(40)53(49)37-18-6-2-7-19-37/h1-33H. The van der Waals surface area contributed by atoms with Crippen LogP contribution in [0.1, 0.15) is 0 Å². The average Bonchev–Trinajstić information content (AvgIpc) is 3.76. The summed E-state index contributed by atoms with van der Waals surface area (Å²) in [5.74, 6) is 0. The van der Waals surface area contributed by atoms with Crippen LogP contribution in [0.15, 0.2) is 200 Å². The summed E-state index contributed by atoms with van der Waals surface area (Å²) in [6.45, 7) is 0. The van der Waals surface area contributed by atoms with Crippen LogP contribution in [0.5, 0.6) is 0 Å². The Morgan fingerprint density at radius 3 is 1.59 bits per heavy atom. The molecule has 3 aromatic heterocycles. The molecule has 54 heavy (non-hydrogen) atoms. The summed E-state index contributed by atoms with van der Waals surface area (Å²) in [5.41, 5.74) is 14.7. The van der Waals surface area contributed by atoms with E-state index in [2.05, 4.69) is 209 Å². The van der Waals surface area contributed by atoms with Crippen LogP contribution >= 0.6 is 0 Å². The number of aromatic nitrogens is 3. The first-order valence-electron chi connectivity index (χ1n) is 18.5. The Hall–Kier alpha value is -7.23. The van der Waals surface area contributed by atoms with Gasteiger partial charge in [-0.3, -0.25) is 0 Å². The molecule has 0 radical (unpaired) electrons. The van der Waals surface area contributed by atoms with Gasteiger partial charge < -0.3 is 9.13 Å². The molecule has 0 aliphatic heterocycles. The lowest BCUT2D eigenvalue weighted by Crippen LogP contribution is -1.95. The number of para-hydroxylation sites is 5. The van der Waals surface area contributed by atoms with Crippen LogP contribution in [0.2, 0.25) is 0 Å². The fourth-order valence-electron chi connectivity index (χ4n) is 8.50. The van der Waals surface area contributed by atoms with E-state index in [1.165, 1.54) is 60.3 Å². The monoisotopic (exact) mass is 687 g/mol. The first kappa shape index (κ1) is 30.4. The lowest BCUT2D eigenvalue weighted by Gasteiger charge is -2.14. The van der Waals surface area contributed by atoms with Gasteiger partial charge in [0.2, 0.25) is 0 Å². The van der Waals surface area contributed by atoms with Crippen LogP contribution in [0.3, 0.4) is 0 Å². The van der Waals surface area contributed by atoms with Gasteiger partial charge in [0, 0.05) is 43.9 Å². The minimum Gasteiger partial charge on any atom is -0.309 e. The molecule has 0 aliphatic rings. The van der Waals surface area contributed by atoms with E-state index in [1.807, 2.05) is 0 Å². The summed E-state index contributed by atoms with van der Waals surface area (Å²) < 4.78 is 4.79. The topological polar surface area (TPSA) is 22.8 Å². The number of hydrogen-bond donors (Lipinski definition) is 0. The summed E-state index contributed by atoms with van der Waals surface area (Å²) in [5, 5.41) is 6.07. The van der Waals surface area contributed by atoms with E-state index in [0.29, 0.717) is 0 Å². The number of pyridine rings is 1. The van der Waals surface area contributed by atoms with E-state index in [0.717, 1.165) is 39.1 Å². The number of benzene rings is 8. The highest BCUT2D eigenvalue weighted by Gasteiger charge is 2.21. The number of fused-ring (bicyclic) bond motifs is 7. The van der Waals surface area contributed by atoms with Gasteiger partial charge in [-0.1, -0.05) is 127 Å². The molecule has 0 N–H and O–H groups in total. The lowest BCUT2D eigenvalue weighted by atomic mass is 9.93. The van der Waals surface area contributed by atoms with Crippen molar-refractivity contribution in [2.24, 2.45) is 0 Å². The van der Waals surface area contributed by atoms with Crippen molar-refractivity contribution in [3.63, 3.8) is 0 Å². The fraction of sp³-hybridized carbons (Fsp3) is 0. The molecule has 0 atom stereocenters. The van der Waals surface area contributed by atoms with Crippen LogP contribution in [0, 0.1) is 0 Å². The number of hydrogen-bond acceptors (Lipinski definition) is 1. The smallest absolute Gasteiger partial charge is 0.0716 e. The van der Waals surface area contributed by atoms with Gasteiger partial charge in [-0.05, 0) is 95.1 Å². The Bertz CT molecular complexity index is 3190. The van der Waals surface area contributed by atoms with Gasteiger partial charge >= 0.3 is 0 Å². The van der Waals surface area contributed by atoms with Gasteiger partial charge in [0.1, 0.15) is 0 Å². The molecule has 0 saturated carbocycles. The van der Waals surface area contributed by atoms with Gasteiger partial charge in [-0.15, -0.1) is 0 Å². The van der Waals surface area contributed by atoms with Crippen molar-refractivity contribution in [1.82, 2.24) is 14.1 Å². The fourth-order valence-corrected chi connectivity index (χ4v) is 8.50. The van der Waals surface area contributed by atoms with E-state index >= 15 is 0 Å². The minimum atomic E-state index is 0.947. The quantitative estimate of drug-likeness (QED) is 0.177. The summed E-state index contributed by atoms with van der Waals surface area (Å²) in [7, 11) is 0. The molecule has 0 aliphatic carbocycles. The molecular weight excluding hydrogens is 655 g/mol. The molecule has 8 aromatic carbocycles. The van der Waals surface area contributed by atoms with Crippen molar-refractivity contribution in [1.29, 1.82) is 0 Å². The molecule has 0 unspecified atom stereocenters. The summed E-state index contributed by atoms with van der Waals surface area (Å²) in [6.07, 6.45) is 0. The number of rotatable bonds is 5. The zero-order chi connectivity index (χ0) is 35.6. The zero-order valence-electron chi connectivity index (χ0n) is 29.4. The molecule has 252 valence electrons. The minimum absolute atomic E-state index is 0.947. The summed E-state index contributed by atoms with van der Waals surface area (Å²) in [6, 6.07) is 72.1. The molecular formula is C51H33N3. The predicted octanol–water partition coefficient (Wildman–Crippen LogP) is 13.4. The van der Waals surface area contributed by atoms with Crippen molar-refractivity contribution in [2.45, 2.75) is 0 Å². The zero-order valence-corrected chi connectivity index (χ0v) is 29.4. The van der Waals surface area contributed by atoms with E-state index in [1.54, 1.807) is 0 Å². The highest BCUT2D eigenvalue weighted by molar-refractivity contribution is 6.18. The Balaban J connectivity index is 1.25. The second-order valence-corrected chi connectivity index (χ2v) is 14.0. The van der Waals surface area contributed by atoms with Crippen molar-refractivity contribution in [2.75, 3.05) is 0 Å². The van der Waals surface area contributed by atoms with Gasteiger partial charge in [0.15, 0.2) is 0 Å². The molecule has 0 saturated heterocycles. The maximum atomic E-state index is 5.34. The molecule has 3 heteroatoms. The Labute approximate surface area is 312 Å². The summed E-state index contributed by atoms with van der Waals surface area (Å²) >= 11 is 0. The Morgan fingerprint density at radius 2 is 0.870 bits per heavy atom. The van der Waals surface area contributed by atoms with Crippen LogP contribution in [-0.4, -0.2) is 14.1 Å². The first-order valence-corrected chi connectivity index (χ1v) is 18.5. The van der Waals surface area contributed by atoms with Gasteiger partial charge in [0.05, 0.1) is 33.3 Å². The van der Waals surface area contributed by atoms with E-state index in [9.17, 15) is 0 Å². The maximum Gasteiger partial charge on any atom is 0.0716 e. The van der Waals surface area contributed by atoms with Crippen molar-refractivity contribution in [3.8, 4) is 44.9 Å². The van der Waals surface area contributed by atoms with Crippen molar-refractivity contribution < 1.29 is 0 Å². The molecule has 0 bridgehead atoms. The van der Waals surface area contributed by atoms with Crippen LogP contribution < -0.4 is 0 Å². The van der Waals surface area contributed by atoms with E-state index in [-0.39, 0.29) is 0 Å². The lowest BCUT2D eigenvalue weighted by molar-refractivity contribution is 1.18. The average molecular weight is 688 g/mol. The predicted molar refractivity (Wildman–Crippen MR) is 227 cm³/mol. The Kier molecular flexibility index (Phi) is 6.86. The molecule has 0 fully saturated rings. The highest BCUT2D eigenvalue weighted by Crippen LogP contribution is 2.44. The molecule has 11 aromatic rings. The third-order valence-corrected chi connectivity index (χ3v) is 10.9. The van der Waals surface area contributed by atoms with Crippen LogP contribution in [-0.2, 0) is 0 Å². The number of nitrogens with zero attached hydrogens (tertiary/aromatic N) is 3. The van der Waals surface area contributed by atoms with Gasteiger partial charge in [0.25, 0.3) is 0 Å². The normalized spacial score (nSPS) is 11.7. The van der Waals surface area contributed by atoms with Gasteiger partial charge in [-0.2, -0.15) is 0 Å². The molecule has 0 spiro atoms. The van der Waals surface area contributed by atoms with Crippen LogP contribution in [0.25, 0.3) is 99.4 Å². The third-order valence-electron chi connectivity index (χ3n) is 10.9. The molecule has 3 nitrogen and oxygen atoms in total.